The molecule has 129 valence electrons. The molecule has 0 spiro atoms. The van der Waals surface area contributed by atoms with E-state index in [1.54, 1.807) is 12.4 Å². The Morgan fingerprint density at radius 1 is 1.58 bits per heavy atom. The van der Waals surface area contributed by atoms with Crippen LogP contribution in [0, 0.1) is 12.0 Å². The third-order valence-corrected chi connectivity index (χ3v) is 4.92. The molecule has 3 rings (SSSR count). The normalized spacial score (nSPS) is 18.5. The fourth-order valence-electron chi connectivity index (χ4n) is 3.20. The summed E-state index contributed by atoms with van der Waals surface area (Å²) in [7, 11) is 0. The lowest BCUT2D eigenvalue weighted by atomic mass is 10.0. The summed E-state index contributed by atoms with van der Waals surface area (Å²) >= 11 is 3.61. The predicted molar refractivity (Wildman–Crippen MR) is 99.3 cm³/mol. The van der Waals surface area contributed by atoms with E-state index in [2.05, 4.69) is 51.0 Å². The largest absolute Gasteiger partial charge is 0.368 e. The van der Waals surface area contributed by atoms with Crippen molar-refractivity contribution in [1.82, 2.24) is 14.9 Å². The Hall–Kier alpha value is -1.60. The number of aromatic nitrogens is 2. The summed E-state index contributed by atoms with van der Waals surface area (Å²) in [5, 5.41) is 4.48. The van der Waals surface area contributed by atoms with E-state index in [0.717, 1.165) is 41.6 Å². The van der Waals surface area contributed by atoms with Crippen LogP contribution in [0.4, 0.5) is 10.5 Å². The van der Waals surface area contributed by atoms with Crippen molar-refractivity contribution in [1.29, 1.82) is 0 Å². The van der Waals surface area contributed by atoms with Crippen LogP contribution < -0.4 is 16.0 Å². The predicted octanol–water partition coefficient (Wildman–Crippen LogP) is 2.74. The Balaban J connectivity index is 1.90. The number of pyridine rings is 1. The second kappa shape index (κ2) is 7.11. The maximum Gasteiger partial charge on any atom is 0.324 e. The van der Waals surface area contributed by atoms with E-state index < -0.39 is 6.03 Å². The van der Waals surface area contributed by atoms with Crippen molar-refractivity contribution in [2.24, 2.45) is 11.7 Å². The Labute approximate surface area is 150 Å². The fraction of sp³-hybridized carbons (Fsp3) is 0.529. The summed E-state index contributed by atoms with van der Waals surface area (Å²) in [5.74, 6) is 0.637. The highest BCUT2D eigenvalue weighted by atomic mass is 79.9. The highest BCUT2D eigenvalue weighted by Gasteiger charge is 2.24. The molecule has 1 saturated heterocycles. The number of nitrogens with two attached hydrogens (primary N) is 1. The second-order valence-electron chi connectivity index (χ2n) is 6.72. The molecule has 3 heterocycles. The summed E-state index contributed by atoms with van der Waals surface area (Å²) in [6.45, 7) is 7.37. The van der Waals surface area contributed by atoms with Gasteiger partial charge >= 0.3 is 6.03 Å². The molecule has 2 aromatic rings. The van der Waals surface area contributed by atoms with E-state index >= 15 is 0 Å². The maximum atomic E-state index is 11.5. The average molecular weight is 393 g/mol. The molecular weight excluding hydrogens is 370 g/mol. The third-order valence-electron chi connectivity index (χ3n) is 4.34. The van der Waals surface area contributed by atoms with E-state index in [0.29, 0.717) is 17.6 Å². The molecule has 3 N–H and O–H groups in total. The molecule has 2 aromatic heterocycles. The monoisotopic (exact) mass is 392 g/mol. The standard InChI is InChI=1S/C17H23BrN5O/c1-11(2)8-20-12-4-3-6-22(10-12)15-13-5-7-23(17(19)24)16(13)21-9-14(15)18/h7,9,11-12,20H,3-4,6,8,10H2,1-2H3,(H2,19,24)/t12-/m1/s1. The quantitative estimate of drug-likeness (QED) is 0.838. The molecular formula is C17H23BrN5O. The number of primary amides is 1. The first-order chi connectivity index (χ1) is 11.5. The molecule has 0 aromatic carbocycles. The average Bonchev–Trinajstić information content (AvgIpc) is 2.97. The number of halogens is 1. The summed E-state index contributed by atoms with van der Waals surface area (Å²) in [4.78, 5) is 18.2. The smallest absolute Gasteiger partial charge is 0.324 e. The van der Waals surface area contributed by atoms with Crippen molar-refractivity contribution in [2.75, 3.05) is 24.5 Å². The molecule has 24 heavy (non-hydrogen) atoms. The number of nitrogens with one attached hydrogen (secondary N) is 1. The number of hydrogen-bond donors (Lipinski definition) is 2. The lowest BCUT2D eigenvalue weighted by Crippen LogP contribution is -2.46. The Bertz CT molecular complexity index is 742. The SMILES string of the molecule is CC(C)CN[C@@H]1CCCN(c2c(Br)cnc3c2[c]cn3C(N)=O)C1. The Morgan fingerprint density at radius 3 is 3.08 bits per heavy atom. The highest BCUT2D eigenvalue weighted by molar-refractivity contribution is 9.10. The van der Waals surface area contributed by atoms with Crippen molar-refractivity contribution in [2.45, 2.75) is 32.7 Å². The van der Waals surface area contributed by atoms with Crippen molar-refractivity contribution in [3.8, 4) is 0 Å². The van der Waals surface area contributed by atoms with Crippen LogP contribution in [-0.4, -0.2) is 41.3 Å². The minimum atomic E-state index is -0.544. The molecule has 1 aliphatic heterocycles. The minimum Gasteiger partial charge on any atom is -0.368 e. The van der Waals surface area contributed by atoms with Crippen LogP contribution in [0.1, 0.15) is 26.7 Å². The van der Waals surface area contributed by atoms with Gasteiger partial charge in [0.25, 0.3) is 0 Å². The Kier molecular flexibility index (Phi) is 5.10. The lowest BCUT2D eigenvalue weighted by molar-refractivity contribution is 0.251. The van der Waals surface area contributed by atoms with Gasteiger partial charge in [-0.2, -0.15) is 0 Å². The number of fused-ring (bicyclic) bond motifs is 1. The van der Waals surface area contributed by atoms with Crippen molar-refractivity contribution in [3.63, 3.8) is 0 Å². The van der Waals surface area contributed by atoms with E-state index in [1.165, 1.54) is 11.0 Å². The number of nitrogens with zero attached hydrogens (tertiary/aromatic N) is 3. The molecule has 1 atom stereocenters. The summed E-state index contributed by atoms with van der Waals surface area (Å²) in [6, 6.07) is 3.07. The zero-order valence-corrected chi connectivity index (χ0v) is 15.6. The van der Waals surface area contributed by atoms with Gasteiger partial charge in [-0.15, -0.1) is 0 Å². The number of piperidine rings is 1. The van der Waals surface area contributed by atoms with Gasteiger partial charge in [0.2, 0.25) is 0 Å². The van der Waals surface area contributed by atoms with E-state index in [4.69, 9.17) is 5.73 Å². The van der Waals surface area contributed by atoms with E-state index in [1.807, 2.05) is 0 Å². The number of rotatable bonds is 4. The molecule has 1 radical (unpaired) electrons. The molecule has 0 saturated carbocycles. The maximum absolute atomic E-state index is 11.5. The van der Waals surface area contributed by atoms with Crippen LogP contribution in [0.3, 0.4) is 0 Å². The van der Waals surface area contributed by atoms with Crippen molar-refractivity contribution < 1.29 is 4.79 Å². The molecule has 1 fully saturated rings. The number of anilines is 1. The molecule has 1 aliphatic rings. The van der Waals surface area contributed by atoms with Crippen LogP contribution in [0.15, 0.2) is 16.9 Å². The first-order valence-electron chi connectivity index (χ1n) is 8.32. The first kappa shape index (κ1) is 17.2. The van der Waals surface area contributed by atoms with Gasteiger partial charge in [-0.25, -0.2) is 9.78 Å². The number of hydrogen-bond acceptors (Lipinski definition) is 4. The van der Waals surface area contributed by atoms with E-state index in [-0.39, 0.29) is 0 Å². The van der Waals surface area contributed by atoms with Crippen molar-refractivity contribution >= 4 is 38.7 Å². The molecule has 0 bridgehead atoms. The molecule has 0 unspecified atom stereocenters. The molecule has 1 amide bonds. The summed E-state index contributed by atoms with van der Waals surface area (Å²) in [6.07, 6.45) is 5.61. The minimum absolute atomic E-state index is 0.467. The van der Waals surface area contributed by atoms with Crippen LogP contribution in [0.5, 0.6) is 0 Å². The molecule has 0 aliphatic carbocycles. The fourth-order valence-corrected chi connectivity index (χ4v) is 3.75. The van der Waals surface area contributed by atoms with Gasteiger partial charge in [0.15, 0.2) is 5.65 Å². The van der Waals surface area contributed by atoms with Gasteiger partial charge in [0.1, 0.15) is 0 Å². The van der Waals surface area contributed by atoms with Crippen LogP contribution in [0.2, 0.25) is 0 Å². The second-order valence-corrected chi connectivity index (χ2v) is 7.58. The molecule has 6 nitrogen and oxygen atoms in total. The van der Waals surface area contributed by atoms with Gasteiger partial charge < -0.3 is 16.0 Å². The van der Waals surface area contributed by atoms with E-state index in [9.17, 15) is 4.79 Å². The summed E-state index contributed by atoms with van der Waals surface area (Å²) < 4.78 is 2.25. The van der Waals surface area contributed by atoms with Gasteiger partial charge in [0.05, 0.1) is 15.5 Å². The topological polar surface area (TPSA) is 76.2 Å². The third kappa shape index (κ3) is 3.42. The zero-order valence-electron chi connectivity index (χ0n) is 14.1. The zero-order chi connectivity index (χ0) is 17.3. The first-order valence-corrected chi connectivity index (χ1v) is 9.12. The summed E-state index contributed by atoms with van der Waals surface area (Å²) in [5.41, 5.74) is 7.00. The Morgan fingerprint density at radius 2 is 2.38 bits per heavy atom. The lowest BCUT2D eigenvalue weighted by Gasteiger charge is -2.36. The highest BCUT2D eigenvalue weighted by Crippen LogP contribution is 2.35. The van der Waals surface area contributed by atoms with Crippen LogP contribution >= 0.6 is 15.9 Å². The van der Waals surface area contributed by atoms with Gasteiger partial charge in [0, 0.05) is 37.6 Å². The van der Waals surface area contributed by atoms with Gasteiger partial charge in [-0.1, -0.05) is 13.8 Å². The number of amides is 1. The number of carbonyl (C=O) groups excluding carboxylic acids is 1. The number of carbonyl (C=O) groups is 1. The molecule has 7 heteroatoms. The van der Waals surface area contributed by atoms with Crippen LogP contribution in [-0.2, 0) is 0 Å². The van der Waals surface area contributed by atoms with Crippen molar-refractivity contribution in [3.05, 3.63) is 22.9 Å². The van der Waals surface area contributed by atoms with Crippen LogP contribution in [0.25, 0.3) is 11.0 Å². The van der Waals surface area contributed by atoms with Gasteiger partial charge in [-0.05, 0) is 41.2 Å². The van der Waals surface area contributed by atoms with Gasteiger partial charge in [-0.3, -0.25) is 4.57 Å².